The Morgan fingerprint density at radius 1 is 0.232 bits per heavy atom. The molecule has 2 heteroatoms. The van der Waals surface area contributed by atoms with Gasteiger partial charge in [-0.25, -0.2) is 0 Å². The Hall–Kier alpha value is -7.42. The van der Waals surface area contributed by atoms with Crippen LogP contribution in [0.1, 0.15) is 0 Å². The second-order valence-electron chi connectivity index (χ2n) is 14.5. The summed E-state index contributed by atoms with van der Waals surface area (Å²) in [7, 11) is 0. The number of nitrogens with zero attached hydrogens (tertiary/aromatic N) is 2. The van der Waals surface area contributed by atoms with Gasteiger partial charge in [0.1, 0.15) is 0 Å². The van der Waals surface area contributed by atoms with Crippen LogP contribution in [0.4, 0.5) is 0 Å². The van der Waals surface area contributed by atoms with Crippen molar-refractivity contribution in [3.05, 3.63) is 218 Å². The molecule has 0 aliphatic rings. The van der Waals surface area contributed by atoms with E-state index in [9.17, 15) is 0 Å². The minimum atomic E-state index is 1.16. The van der Waals surface area contributed by atoms with E-state index >= 15 is 0 Å². The van der Waals surface area contributed by atoms with Crippen LogP contribution in [0.5, 0.6) is 0 Å². The summed E-state index contributed by atoms with van der Waals surface area (Å²) in [6.45, 7) is 0. The van der Waals surface area contributed by atoms with Crippen molar-refractivity contribution in [1.29, 1.82) is 0 Å². The fourth-order valence-electron chi connectivity index (χ4n) is 8.71. The van der Waals surface area contributed by atoms with Gasteiger partial charge < -0.3 is 9.13 Å². The van der Waals surface area contributed by atoms with E-state index in [1.165, 1.54) is 88.1 Å². The summed E-state index contributed by atoms with van der Waals surface area (Å²) < 4.78 is 4.87. The standard InChI is InChI=1S/C54H36N2/c1-3-15-37(16-4-1)39-19-13-21-43(33-39)45-23-7-10-26-50(45)56-52-28-12-8-24-46(52)48-31-29-42(36-54(48)56)41-30-32-53-49(35-41)47-25-9-11-27-51(47)55(53)44-22-14-20-40(34-44)38-17-5-2-6-18-38/h1-36H. The molecule has 0 saturated carbocycles. The number of para-hydroxylation sites is 3. The molecule has 11 aromatic rings. The minimum Gasteiger partial charge on any atom is -0.309 e. The number of fused-ring (bicyclic) bond motifs is 6. The molecule has 9 aromatic carbocycles. The average Bonchev–Trinajstić information content (AvgIpc) is 3.79. The molecule has 0 aliphatic heterocycles. The Labute approximate surface area is 325 Å². The zero-order valence-electron chi connectivity index (χ0n) is 30.7. The number of hydrogen-bond acceptors (Lipinski definition) is 0. The molecule has 0 amide bonds. The number of benzene rings is 9. The van der Waals surface area contributed by atoms with E-state index in [4.69, 9.17) is 0 Å². The highest BCUT2D eigenvalue weighted by atomic mass is 15.0. The molecule has 0 atom stereocenters. The van der Waals surface area contributed by atoms with E-state index < -0.39 is 0 Å². The highest BCUT2D eigenvalue weighted by Crippen LogP contribution is 2.40. The van der Waals surface area contributed by atoms with Crippen molar-refractivity contribution in [1.82, 2.24) is 9.13 Å². The van der Waals surface area contributed by atoms with Crippen LogP contribution < -0.4 is 0 Å². The van der Waals surface area contributed by atoms with E-state index in [-0.39, 0.29) is 0 Å². The lowest BCUT2D eigenvalue weighted by Gasteiger charge is -2.15. The summed E-state index contributed by atoms with van der Waals surface area (Å²) in [6, 6.07) is 79.4. The Balaban J connectivity index is 1.08. The van der Waals surface area contributed by atoms with Crippen LogP contribution in [0.25, 0.3) is 99.5 Å². The van der Waals surface area contributed by atoms with Crippen LogP contribution in [0.2, 0.25) is 0 Å². The molecular formula is C54H36N2. The predicted octanol–water partition coefficient (Wildman–Crippen LogP) is 14.5. The van der Waals surface area contributed by atoms with Gasteiger partial charge in [-0.15, -0.1) is 0 Å². The first kappa shape index (κ1) is 32.0. The Bertz CT molecular complexity index is 3240. The fourth-order valence-corrected chi connectivity index (χ4v) is 8.71. The molecule has 2 nitrogen and oxygen atoms in total. The van der Waals surface area contributed by atoms with Gasteiger partial charge in [0.2, 0.25) is 0 Å². The zero-order chi connectivity index (χ0) is 37.0. The largest absolute Gasteiger partial charge is 0.309 e. The first-order valence-corrected chi connectivity index (χ1v) is 19.3. The van der Waals surface area contributed by atoms with E-state index in [1.807, 2.05) is 0 Å². The molecule has 11 rings (SSSR count). The lowest BCUT2D eigenvalue weighted by Crippen LogP contribution is -1.97. The maximum absolute atomic E-state index is 2.46. The molecule has 2 aromatic heterocycles. The topological polar surface area (TPSA) is 9.86 Å². The van der Waals surface area contributed by atoms with Crippen LogP contribution in [-0.4, -0.2) is 9.13 Å². The smallest absolute Gasteiger partial charge is 0.0547 e. The minimum absolute atomic E-state index is 1.16. The van der Waals surface area contributed by atoms with Gasteiger partial charge in [-0.2, -0.15) is 0 Å². The normalized spacial score (nSPS) is 11.6. The number of rotatable bonds is 6. The highest BCUT2D eigenvalue weighted by Gasteiger charge is 2.18. The van der Waals surface area contributed by atoms with Gasteiger partial charge in [0.05, 0.1) is 27.8 Å². The van der Waals surface area contributed by atoms with Crippen molar-refractivity contribution in [3.8, 4) is 55.9 Å². The SMILES string of the molecule is c1ccc(-c2cccc(-c3ccccc3-n3c4ccccc4c4ccc(-c5ccc6c(c5)c5ccccc5n6-c5cccc(-c6ccccc6)c5)cc43)c2)cc1. The fraction of sp³-hybridized carbons (Fsp3) is 0. The molecule has 2 heterocycles. The van der Waals surface area contributed by atoms with Crippen molar-refractivity contribution < 1.29 is 0 Å². The summed E-state index contributed by atoms with van der Waals surface area (Å²) in [5, 5.41) is 4.98. The summed E-state index contributed by atoms with van der Waals surface area (Å²) in [5.74, 6) is 0. The van der Waals surface area contributed by atoms with Crippen LogP contribution in [0, 0.1) is 0 Å². The molecular weight excluding hydrogens is 677 g/mol. The average molecular weight is 713 g/mol. The van der Waals surface area contributed by atoms with Crippen LogP contribution >= 0.6 is 0 Å². The first-order valence-electron chi connectivity index (χ1n) is 19.3. The molecule has 0 N–H and O–H groups in total. The molecule has 0 spiro atoms. The summed E-state index contributed by atoms with van der Waals surface area (Å²) in [6.07, 6.45) is 0. The van der Waals surface area contributed by atoms with Gasteiger partial charge in [0.25, 0.3) is 0 Å². The van der Waals surface area contributed by atoms with E-state index in [0.29, 0.717) is 0 Å². The van der Waals surface area contributed by atoms with Crippen LogP contribution in [0.15, 0.2) is 218 Å². The third-order valence-corrected chi connectivity index (χ3v) is 11.3. The Morgan fingerprint density at radius 3 is 1.50 bits per heavy atom. The van der Waals surface area contributed by atoms with Gasteiger partial charge in [-0.3, -0.25) is 0 Å². The molecule has 0 aliphatic carbocycles. The van der Waals surface area contributed by atoms with E-state index in [1.54, 1.807) is 0 Å². The Kier molecular flexibility index (Phi) is 7.53. The predicted molar refractivity (Wildman–Crippen MR) is 237 cm³/mol. The van der Waals surface area contributed by atoms with Gasteiger partial charge in [-0.1, -0.05) is 164 Å². The van der Waals surface area contributed by atoms with Gasteiger partial charge in [0, 0.05) is 32.8 Å². The number of aromatic nitrogens is 2. The van der Waals surface area contributed by atoms with Crippen molar-refractivity contribution in [2.24, 2.45) is 0 Å². The highest BCUT2D eigenvalue weighted by molar-refractivity contribution is 6.12. The molecule has 56 heavy (non-hydrogen) atoms. The quantitative estimate of drug-likeness (QED) is 0.162. The molecule has 0 bridgehead atoms. The third kappa shape index (κ3) is 5.26. The van der Waals surface area contributed by atoms with Crippen molar-refractivity contribution in [2.75, 3.05) is 0 Å². The third-order valence-electron chi connectivity index (χ3n) is 11.3. The van der Waals surface area contributed by atoms with E-state index in [0.717, 1.165) is 11.4 Å². The summed E-state index contributed by atoms with van der Waals surface area (Å²) in [5.41, 5.74) is 16.7. The first-order chi connectivity index (χ1) is 27.8. The lowest BCUT2D eigenvalue weighted by molar-refractivity contribution is 1.18. The molecule has 0 unspecified atom stereocenters. The zero-order valence-corrected chi connectivity index (χ0v) is 30.7. The molecule has 262 valence electrons. The monoisotopic (exact) mass is 712 g/mol. The van der Waals surface area contributed by atoms with Crippen LogP contribution in [-0.2, 0) is 0 Å². The van der Waals surface area contributed by atoms with Crippen molar-refractivity contribution >= 4 is 43.6 Å². The maximum atomic E-state index is 2.46. The van der Waals surface area contributed by atoms with E-state index in [2.05, 4.69) is 228 Å². The van der Waals surface area contributed by atoms with Crippen molar-refractivity contribution in [3.63, 3.8) is 0 Å². The maximum Gasteiger partial charge on any atom is 0.0547 e. The molecule has 0 saturated heterocycles. The van der Waals surface area contributed by atoms with Gasteiger partial charge in [0.15, 0.2) is 0 Å². The molecule has 0 radical (unpaired) electrons. The van der Waals surface area contributed by atoms with Gasteiger partial charge in [-0.05, 0) is 93.5 Å². The molecule has 0 fully saturated rings. The Morgan fingerprint density at radius 2 is 0.732 bits per heavy atom. The number of hydrogen-bond donors (Lipinski definition) is 0. The van der Waals surface area contributed by atoms with Crippen molar-refractivity contribution in [2.45, 2.75) is 0 Å². The second-order valence-corrected chi connectivity index (χ2v) is 14.5. The second kappa shape index (κ2) is 13.2. The van der Waals surface area contributed by atoms with Gasteiger partial charge >= 0.3 is 0 Å². The summed E-state index contributed by atoms with van der Waals surface area (Å²) in [4.78, 5) is 0. The van der Waals surface area contributed by atoms with Crippen LogP contribution in [0.3, 0.4) is 0 Å². The summed E-state index contributed by atoms with van der Waals surface area (Å²) >= 11 is 0. The lowest BCUT2D eigenvalue weighted by atomic mass is 9.98.